The third-order valence-electron chi connectivity index (χ3n) is 3.05. The predicted octanol–water partition coefficient (Wildman–Crippen LogP) is 1.77. The number of amides is 1. The Kier molecular flexibility index (Phi) is 3.41. The standard InChI is InChI=1S/C13H13NO5S/c1-8(15)14(2)10-4-3-9-5-11(20(17,18)19)7-13(16)12(9)6-10/h3-7,16H,1-2H3,(H,17,18,19). The van der Waals surface area contributed by atoms with Crippen LogP contribution in [0.3, 0.4) is 0 Å². The molecule has 0 heterocycles. The molecular formula is C13H13NO5S. The summed E-state index contributed by atoms with van der Waals surface area (Å²) in [5.41, 5.74) is 0.569. The van der Waals surface area contributed by atoms with E-state index in [1.807, 2.05) is 0 Å². The van der Waals surface area contributed by atoms with Crippen LogP contribution in [0.25, 0.3) is 10.8 Å². The Hall–Kier alpha value is -2.12. The zero-order valence-electron chi connectivity index (χ0n) is 10.9. The molecule has 0 bridgehead atoms. The minimum atomic E-state index is -4.38. The molecule has 2 N–H and O–H groups in total. The smallest absolute Gasteiger partial charge is 0.294 e. The van der Waals surface area contributed by atoms with Crippen molar-refractivity contribution in [1.29, 1.82) is 0 Å². The second kappa shape index (κ2) is 4.77. The molecule has 2 aromatic rings. The summed E-state index contributed by atoms with van der Waals surface area (Å²) in [5.74, 6) is -0.452. The number of phenolic OH excluding ortho intramolecular Hbond substituents is 1. The van der Waals surface area contributed by atoms with E-state index in [9.17, 15) is 18.3 Å². The molecule has 0 aliphatic heterocycles. The van der Waals surface area contributed by atoms with Gasteiger partial charge in [0.1, 0.15) is 5.75 Å². The average molecular weight is 295 g/mol. The van der Waals surface area contributed by atoms with E-state index in [1.165, 1.54) is 17.9 Å². The molecule has 6 nitrogen and oxygen atoms in total. The highest BCUT2D eigenvalue weighted by Gasteiger charge is 2.14. The number of carbonyl (C=O) groups excluding carboxylic acids is 1. The van der Waals surface area contributed by atoms with Gasteiger partial charge in [-0.1, -0.05) is 6.07 Å². The number of nitrogens with zero attached hydrogens (tertiary/aromatic N) is 1. The first-order chi connectivity index (χ1) is 9.20. The van der Waals surface area contributed by atoms with E-state index in [2.05, 4.69) is 0 Å². The van der Waals surface area contributed by atoms with Gasteiger partial charge in [-0.05, 0) is 23.6 Å². The van der Waals surface area contributed by atoms with E-state index in [-0.39, 0.29) is 16.6 Å². The molecule has 106 valence electrons. The molecule has 0 aliphatic rings. The van der Waals surface area contributed by atoms with Gasteiger partial charge in [0, 0.05) is 31.1 Å². The molecule has 0 saturated heterocycles. The highest BCUT2D eigenvalue weighted by atomic mass is 32.2. The zero-order chi connectivity index (χ0) is 15.1. The maximum absolute atomic E-state index is 11.3. The van der Waals surface area contributed by atoms with Gasteiger partial charge < -0.3 is 10.0 Å². The fraction of sp³-hybridized carbons (Fsp3) is 0.154. The molecule has 7 heteroatoms. The van der Waals surface area contributed by atoms with E-state index >= 15 is 0 Å². The van der Waals surface area contributed by atoms with Crippen LogP contribution in [-0.4, -0.2) is 31.0 Å². The van der Waals surface area contributed by atoms with Gasteiger partial charge in [0.2, 0.25) is 5.91 Å². The van der Waals surface area contributed by atoms with E-state index in [1.54, 1.807) is 25.2 Å². The molecule has 20 heavy (non-hydrogen) atoms. The van der Waals surface area contributed by atoms with E-state index in [0.717, 1.165) is 6.07 Å². The first kappa shape index (κ1) is 14.3. The molecule has 1 amide bonds. The SMILES string of the molecule is CC(=O)N(C)c1ccc2cc(S(=O)(=O)O)cc(O)c2c1. The molecule has 2 rings (SSSR count). The molecule has 0 fully saturated rings. The number of hydrogen-bond acceptors (Lipinski definition) is 4. The molecular weight excluding hydrogens is 282 g/mol. The highest BCUT2D eigenvalue weighted by Crippen LogP contribution is 2.31. The van der Waals surface area contributed by atoms with E-state index in [0.29, 0.717) is 16.5 Å². The number of rotatable bonds is 2. The average Bonchev–Trinajstić information content (AvgIpc) is 2.36. The van der Waals surface area contributed by atoms with Crippen molar-refractivity contribution in [2.75, 3.05) is 11.9 Å². The Morgan fingerprint density at radius 1 is 1.20 bits per heavy atom. The summed E-state index contributed by atoms with van der Waals surface area (Å²) in [7, 11) is -2.79. The first-order valence-corrected chi connectivity index (χ1v) is 7.12. The van der Waals surface area contributed by atoms with Gasteiger partial charge in [-0.15, -0.1) is 0 Å². The van der Waals surface area contributed by atoms with Crippen molar-refractivity contribution in [2.45, 2.75) is 11.8 Å². The minimum Gasteiger partial charge on any atom is -0.507 e. The third-order valence-corrected chi connectivity index (χ3v) is 3.88. The predicted molar refractivity (Wildman–Crippen MR) is 74.5 cm³/mol. The summed E-state index contributed by atoms with van der Waals surface area (Å²) in [4.78, 5) is 12.3. The Morgan fingerprint density at radius 2 is 1.85 bits per heavy atom. The summed E-state index contributed by atoms with van der Waals surface area (Å²) >= 11 is 0. The lowest BCUT2D eigenvalue weighted by Crippen LogP contribution is -2.22. The van der Waals surface area contributed by atoms with Crippen LogP contribution in [0, 0.1) is 0 Å². The molecule has 0 aromatic heterocycles. The molecule has 0 spiro atoms. The Labute approximate surface area is 116 Å². The van der Waals surface area contributed by atoms with Crippen LogP contribution < -0.4 is 4.90 Å². The maximum Gasteiger partial charge on any atom is 0.294 e. The van der Waals surface area contributed by atoms with Crippen molar-refractivity contribution in [1.82, 2.24) is 0 Å². The van der Waals surface area contributed by atoms with Crippen molar-refractivity contribution >= 4 is 32.5 Å². The molecule has 2 aromatic carbocycles. The van der Waals surface area contributed by atoms with Crippen LogP contribution in [0.4, 0.5) is 5.69 Å². The molecule has 0 aliphatic carbocycles. The summed E-state index contributed by atoms with van der Waals surface area (Å²) in [5, 5.41) is 10.7. The van der Waals surface area contributed by atoms with E-state index in [4.69, 9.17) is 4.55 Å². The Balaban J connectivity index is 2.67. The summed E-state index contributed by atoms with van der Waals surface area (Å²) in [6.45, 7) is 1.41. The number of benzene rings is 2. The first-order valence-electron chi connectivity index (χ1n) is 5.68. The van der Waals surface area contributed by atoms with Crippen molar-refractivity contribution in [3.05, 3.63) is 30.3 Å². The number of phenols is 1. The van der Waals surface area contributed by atoms with Crippen LogP contribution in [-0.2, 0) is 14.9 Å². The van der Waals surface area contributed by atoms with Crippen LogP contribution in [0.5, 0.6) is 5.75 Å². The second-order valence-electron chi connectivity index (χ2n) is 4.40. The maximum atomic E-state index is 11.3. The summed E-state index contributed by atoms with van der Waals surface area (Å²) in [6.07, 6.45) is 0. The second-order valence-corrected chi connectivity index (χ2v) is 5.82. The lowest BCUT2D eigenvalue weighted by atomic mass is 10.1. The van der Waals surface area contributed by atoms with Gasteiger partial charge >= 0.3 is 0 Å². The Morgan fingerprint density at radius 3 is 2.40 bits per heavy atom. The fourth-order valence-electron chi connectivity index (χ4n) is 1.84. The van der Waals surface area contributed by atoms with E-state index < -0.39 is 10.1 Å². The van der Waals surface area contributed by atoms with Crippen LogP contribution in [0.1, 0.15) is 6.92 Å². The highest BCUT2D eigenvalue weighted by molar-refractivity contribution is 7.85. The summed E-state index contributed by atoms with van der Waals surface area (Å²) in [6, 6.07) is 6.98. The van der Waals surface area contributed by atoms with Crippen LogP contribution in [0.15, 0.2) is 35.2 Å². The fourth-order valence-corrected chi connectivity index (χ4v) is 2.38. The largest absolute Gasteiger partial charge is 0.507 e. The van der Waals surface area contributed by atoms with Crippen molar-refractivity contribution in [3.8, 4) is 5.75 Å². The van der Waals surface area contributed by atoms with Gasteiger partial charge in [0.25, 0.3) is 10.1 Å². The lowest BCUT2D eigenvalue weighted by Gasteiger charge is -2.16. The molecule has 0 unspecified atom stereocenters. The number of fused-ring (bicyclic) bond motifs is 1. The van der Waals surface area contributed by atoms with Crippen molar-refractivity contribution < 1.29 is 22.9 Å². The van der Waals surface area contributed by atoms with Gasteiger partial charge in [0.15, 0.2) is 0 Å². The topological polar surface area (TPSA) is 94.9 Å². The molecule has 0 saturated carbocycles. The monoisotopic (exact) mass is 295 g/mol. The summed E-state index contributed by atoms with van der Waals surface area (Å²) < 4.78 is 31.2. The van der Waals surface area contributed by atoms with Crippen molar-refractivity contribution in [2.24, 2.45) is 0 Å². The van der Waals surface area contributed by atoms with Crippen molar-refractivity contribution in [3.63, 3.8) is 0 Å². The number of aromatic hydroxyl groups is 1. The van der Waals surface area contributed by atoms with Gasteiger partial charge in [-0.3, -0.25) is 9.35 Å². The van der Waals surface area contributed by atoms with Crippen LogP contribution in [0.2, 0.25) is 0 Å². The quantitative estimate of drug-likeness (QED) is 0.823. The minimum absolute atomic E-state index is 0.168. The van der Waals surface area contributed by atoms with Gasteiger partial charge in [0.05, 0.1) is 4.90 Å². The molecule has 0 radical (unpaired) electrons. The zero-order valence-corrected chi connectivity index (χ0v) is 11.7. The molecule has 0 atom stereocenters. The van der Waals surface area contributed by atoms with Crippen LogP contribution >= 0.6 is 0 Å². The number of carbonyl (C=O) groups is 1. The third kappa shape index (κ3) is 2.59. The van der Waals surface area contributed by atoms with Gasteiger partial charge in [-0.25, -0.2) is 0 Å². The Bertz CT molecular complexity index is 798. The number of anilines is 1. The normalized spacial score (nSPS) is 11.6. The lowest BCUT2D eigenvalue weighted by molar-refractivity contribution is -0.116. The van der Waals surface area contributed by atoms with Gasteiger partial charge in [-0.2, -0.15) is 8.42 Å². The number of hydrogen-bond donors (Lipinski definition) is 2.